The number of thiazole rings is 1. The first kappa shape index (κ1) is 11.3. The van der Waals surface area contributed by atoms with Crippen molar-refractivity contribution in [1.29, 1.82) is 0 Å². The van der Waals surface area contributed by atoms with Crippen molar-refractivity contribution in [2.24, 2.45) is 7.05 Å². The first-order chi connectivity index (χ1) is 9.84. The summed E-state index contributed by atoms with van der Waals surface area (Å²) in [7, 11) is 1.88. The number of rotatable bonds is 2. The molecule has 0 saturated carbocycles. The van der Waals surface area contributed by atoms with Crippen molar-refractivity contribution in [3.05, 3.63) is 42.3 Å². The van der Waals surface area contributed by atoms with Gasteiger partial charge < -0.3 is 0 Å². The third-order valence-corrected chi connectivity index (χ3v) is 4.03. The van der Waals surface area contributed by atoms with Gasteiger partial charge in [-0.1, -0.05) is 6.07 Å². The minimum atomic E-state index is 0.795. The molecule has 4 aromatic rings. The summed E-state index contributed by atoms with van der Waals surface area (Å²) < 4.78 is 4.68. The quantitative estimate of drug-likeness (QED) is 0.566. The van der Waals surface area contributed by atoms with E-state index in [0.29, 0.717) is 0 Å². The van der Waals surface area contributed by atoms with Crippen LogP contribution in [-0.4, -0.2) is 29.5 Å². The lowest BCUT2D eigenvalue weighted by atomic mass is 10.2. The van der Waals surface area contributed by atoms with Crippen LogP contribution < -0.4 is 0 Å². The average molecular weight is 282 g/mol. The topological polar surface area (TPSA) is 61.4 Å². The van der Waals surface area contributed by atoms with Gasteiger partial charge in [0.15, 0.2) is 11.6 Å². The van der Waals surface area contributed by atoms with Gasteiger partial charge in [-0.25, -0.2) is 9.97 Å². The third-order valence-electron chi connectivity index (χ3n) is 3.16. The maximum Gasteiger partial charge on any atom is 0.166 e. The van der Waals surface area contributed by atoms with Crippen molar-refractivity contribution >= 4 is 21.6 Å². The summed E-state index contributed by atoms with van der Waals surface area (Å²) in [6, 6.07) is 7.93. The van der Waals surface area contributed by atoms with Crippen LogP contribution in [0.5, 0.6) is 0 Å². The van der Waals surface area contributed by atoms with E-state index in [9.17, 15) is 0 Å². The molecule has 0 aliphatic carbocycles. The fourth-order valence-corrected chi connectivity index (χ4v) is 3.03. The third kappa shape index (κ3) is 1.56. The SMILES string of the molecule is Cn1nccc1-n1ncnc1-c1cccc2ncsc12. The molecule has 3 aromatic heterocycles. The molecule has 0 saturated heterocycles. The predicted molar refractivity (Wildman–Crippen MR) is 76.7 cm³/mol. The van der Waals surface area contributed by atoms with Crippen LogP contribution in [0.3, 0.4) is 0 Å². The smallest absolute Gasteiger partial charge is 0.166 e. The van der Waals surface area contributed by atoms with Gasteiger partial charge in [-0.05, 0) is 12.1 Å². The number of aromatic nitrogens is 6. The van der Waals surface area contributed by atoms with E-state index in [0.717, 1.165) is 27.4 Å². The van der Waals surface area contributed by atoms with Gasteiger partial charge in [0.25, 0.3) is 0 Å². The van der Waals surface area contributed by atoms with Gasteiger partial charge in [-0.3, -0.25) is 4.68 Å². The number of nitrogens with zero attached hydrogens (tertiary/aromatic N) is 6. The van der Waals surface area contributed by atoms with Crippen LogP contribution in [-0.2, 0) is 7.05 Å². The second-order valence-corrected chi connectivity index (χ2v) is 5.17. The Morgan fingerprint density at radius 3 is 2.90 bits per heavy atom. The molecule has 0 spiro atoms. The normalized spacial score (nSPS) is 11.2. The van der Waals surface area contributed by atoms with Gasteiger partial charge in [-0.2, -0.15) is 14.9 Å². The molecule has 4 rings (SSSR count). The van der Waals surface area contributed by atoms with E-state index in [1.54, 1.807) is 33.2 Å². The van der Waals surface area contributed by atoms with Crippen LogP contribution in [0.15, 0.2) is 42.3 Å². The van der Waals surface area contributed by atoms with Crippen LogP contribution in [0.25, 0.3) is 27.4 Å². The lowest BCUT2D eigenvalue weighted by Crippen LogP contribution is -2.06. The first-order valence-electron chi connectivity index (χ1n) is 6.05. The van der Waals surface area contributed by atoms with Crippen LogP contribution in [0.1, 0.15) is 0 Å². The predicted octanol–water partition coefficient (Wildman–Crippen LogP) is 2.28. The van der Waals surface area contributed by atoms with E-state index < -0.39 is 0 Å². The number of aryl methyl sites for hydroxylation is 1. The fraction of sp³-hybridized carbons (Fsp3) is 0.0769. The van der Waals surface area contributed by atoms with Crippen LogP contribution in [0.4, 0.5) is 0 Å². The lowest BCUT2D eigenvalue weighted by Gasteiger charge is -2.06. The largest absolute Gasteiger partial charge is 0.251 e. The Kier molecular flexibility index (Phi) is 2.40. The number of benzene rings is 1. The summed E-state index contributed by atoms with van der Waals surface area (Å²) >= 11 is 1.61. The van der Waals surface area contributed by atoms with Gasteiger partial charge in [0.1, 0.15) is 6.33 Å². The molecule has 0 atom stereocenters. The Morgan fingerprint density at radius 1 is 1.10 bits per heavy atom. The standard InChI is InChI=1S/C13H10N6S/c1-18-11(5-6-16-18)19-13(14-7-17-19)9-3-2-4-10-12(9)20-8-15-10/h2-8H,1H3. The number of hydrogen-bond donors (Lipinski definition) is 0. The van der Waals surface area contributed by atoms with Gasteiger partial charge in [0.2, 0.25) is 0 Å². The number of hydrogen-bond acceptors (Lipinski definition) is 5. The molecule has 0 bridgehead atoms. The minimum absolute atomic E-state index is 0.795. The second kappa shape index (κ2) is 4.24. The lowest BCUT2D eigenvalue weighted by molar-refractivity contribution is 0.701. The summed E-state index contributed by atoms with van der Waals surface area (Å²) in [6.45, 7) is 0. The highest BCUT2D eigenvalue weighted by atomic mass is 32.1. The van der Waals surface area contributed by atoms with E-state index in [4.69, 9.17) is 0 Å². The Morgan fingerprint density at radius 2 is 2.05 bits per heavy atom. The van der Waals surface area contributed by atoms with Crippen molar-refractivity contribution in [3.63, 3.8) is 0 Å². The van der Waals surface area contributed by atoms with Crippen LogP contribution in [0, 0.1) is 0 Å². The molecule has 0 aliphatic heterocycles. The molecule has 1 aromatic carbocycles. The molecule has 0 unspecified atom stereocenters. The van der Waals surface area contributed by atoms with E-state index in [1.807, 2.05) is 36.8 Å². The summed E-state index contributed by atoms with van der Waals surface area (Å²) in [6.07, 6.45) is 3.30. The number of fused-ring (bicyclic) bond motifs is 1. The molecule has 0 N–H and O–H groups in total. The molecule has 20 heavy (non-hydrogen) atoms. The van der Waals surface area contributed by atoms with E-state index in [2.05, 4.69) is 20.2 Å². The molecule has 7 heteroatoms. The molecular weight excluding hydrogens is 272 g/mol. The van der Waals surface area contributed by atoms with E-state index in [1.165, 1.54) is 0 Å². The molecule has 0 amide bonds. The zero-order valence-electron chi connectivity index (χ0n) is 10.6. The van der Waals surface area contributed by atoms with E-state index in [-0.39, 0.29) is 0 Å². The summed E-state index contributed by atoms with van der Waals surface area (Å²) in [5, 5.41) is 8.49. The highest BCUT2D eigenvalue weighted by molar-refractivity contribution is 7.17. The molecule has 98 valence electrons. The Bertz CT molecular complexity index is 887. The molecule has 3 heterocycles. The summed E-state index contributed by atoms with van der Waals surface area (Å²) in [5.41, 5.74) is 3.86. The molecule has 6 nitrogen and oxygen atoms in total. The molecule has 0 aliphatic rings. The average Bonchev–Trinajstić information content (AvgIpc) is 3.17. The minimum Gasteiger partial charge on any atom is -0.251 e. The summed E-state index contributed by atoms with van der Waals surface area (Å²) in [5.74, 6) is 1.67. The second-order valence-electron chi connectivity index (χ2n) is 4.31. The highest BCUT2D eigenvalue weighted by Crippen LogP contribution is 2.30. The van der Waals surface area contributed by atoms with Crippen molar-refractivity contribution in [2.75, 3.05) is 0 Å². The fourth-order valence-electron chi connectivity index (χ4n) is 2.23. The Balaban J connectivity index is 1.99. The van der Waals surface area contributed by atoms with Crippen molar-refractivity contribution in [2.45, 2.75) is 0 Å². The molecule has 0 fully saturated rings. The molecular formula is C13H10N6S. The van der Waals surface area contributed by atoms with Gasteiger partial charge >= 0.3 is 0 Å². The van der Waals surface area contributed by atoms with Crippen LogP contribution >= 0.6 is 11.3 Å². The maximum atomic E-state index is 4.40. The van der Waals surface area contributed by atoms with Gasteiger partial charge in [0, 0.05) is 18.7 Å². The van der Waals surface area contributed by atoms with Gasteiger partial charge in [0.05, 0.1) is 21.9 Å². The highest BCUT2D eigenvalue weighted by Gasteiger charge is 2.15. The summed E-state index contributed by atoms with van der Waals surface area (Å²) in [4.78, 5) is 8.75. The zero-order chi connectivity index (χ0) is 13.5. The van der Waals surface area contributed by atoms with E-state index >= 15 is 0 Å². The molecule has 0 radical (unpaired) electrons. The zero-order valence-corrected chi connectivity index (χ0v) is 11.4. The maximum absolute atomic E-state index is 4.40. The van der Waals surface area contributed by atoms with Crippen molar-refractivity contribution in [1.82, 2.24) is 29.5 Å². The van der Waals surface area contributed by atoms with Gasteiger partial charge in [-0.15, -0.1) is 11.3 Å². The van der Waals surface area contributed by atoms with Crippen molar-refractivity contribution in [3.8, 4) is 17.2 Å². The Hall–Kier alpha value is -2.54. The van der Waals surface area contributed by atoms with Crippen molar-refractivity contribution < 1.29 is 0 Å². The van der Waals surface area contributed by atoms with Crippen LogP contribution in [0.2, 0.25) is 0 Å². The first-order valence-corrected chi connectivity index (χ1v) is 6.93. The monoisotopic (exact) mass is 282 g/mol. The Labute approximate surface area is 118 Å².